The molecule has 2 heterocycles. The first-order valence-electron chi connectivity index (χ1n) is 6.95. The van der Waals surface area contributed by atoms with Crippen LogP contribution in [-0.2, 0) is 0 Å². The zero-order valence-corrected chi connectivity index (χ0v) is 12.9. The van der Waals surface area contributed by atoms with Crippen molar-refractivity contribution in [1.29, 1.82) is 0 Å². The van der Waals surface area contributed by atoms with Crippen molar-refractivity contribution in [3.8, 4) is 0 Å². The molecule has 3 N–H and O–H groups in total. The summed E-state index contributed by atoms with van der Waals surface area (Å²) in [5.41, 5.74) is 7.03. The highest BCUT2D eigenvalue weighted by Crippen LogP contribution is 2.31. The smallest absolute Gasteiger partial charge is 0.251 e. The number of rotatable bonds is 3. The molecule has 1 aromatic carbocycles. The van der Waals surface area contributed by atoms with Crippen molar-refractivity contribution >= 4 is 27.5 Å². The minimum Gasteiger partial charge on any atom is -0.368 e. The maximum Gasteiger partial charge on any atom is 0.251 e. The van der Waals surface area contributed by atoms with Crippen molar-refractivity contribution in [2.75, 3.05) is 44.2 Å². The first-order valence-corrected chi connectivity index (χ1v) is 7.74. The molecule has 0 radical (unpaired) electrons. The number of piperazine rings is 1. The van der Waals surface area contributed by atoms with Crippen LogP contribution in [0.2, 0.25) is 0 Å². The van der Waals surface area contributed by atoms with E-state index in [0.717, 1.165) is 49.4 Å². The van der Waals surface area contributed by atoms with E-state index in [9.17, 15) is 4.79 Å². The van der Waals surface area contributed by atoms with Gasteiger partial charge in [-0.1, -0.05) is 6.07 Å². The minimum absolute atomic E-state index is 0.377. The van der Waals surface area contributed by atoms with Gasteiger partial charge < -0.3 is 16.0 Å². The standard InChI is InChI=1S/C14H19BrN4O/c15-11-2-1-3-12(13(11)14(16)20)19-8-10(9-19)18-6-4-17-5-7-18/h1-3,10,17H,4-9H2,(H2,16,20). The molecule has 108 valence electrons. The molecule has 5 nitrogen and oxygen atoms in total. The monoisotopic (exact) mass is 338 g/mol. The van der Waals surface area contributed by atoms with E-state index >= 15 is 0 Å². The van der Waals surface area contributed by atoms with Crippen LogP contribution in [0.3, 0.4) is 0 Å². The number of amides is 1. The van der Waals surface area contributed by atoms with Crippen molar-refractivity contribution in [3.05, 3.63) is 28.2 Å². The Morgan fingerprint density at radius 1 is 1.30 bits per heavy atom. The van der Waals surface area contributed by atoms with E-state index in [0.29, 0.717) is 11.6 Å². The Bertz CT molecular complexity index is 510. The van der Waals surface area contributed by atoms with Gasteiger partial charge in [0.05, 0.1) is 11.3 Å². The average Bonchev–Trinajstić information content (AvgIpc) is 2.38. The molecular weight excluding hydrogens is 320 g/mol. The zero-order chi connectivity index (χ0) is 14.1. The van der Waals surface area contributed by atoms with Crippen LogP contribution in [0.15, 0.2) is 22.7 Å². The SMILES string of the molecule is NC(=O)c1c(Br)cccc1N1CC(N2CCNCC2)C1. The number of primary amides is 1. The van der Waals surface area contributed by atoms with Gasteiger partial charge in [0.2, 0.25) is 0 Å². The van der Waals surface area contributed by atoms with Gasteiger partial charge in [-0.15, -0.1) is 0 Å². The fraction of sp³-hybridized carbons (Fsp3) is 0.500. The maximum atomic E-state index is 11.6. The van der Waals surface area contributed by atoms with E-state index in [1.807, 2.05) is 18.2 Å². The lowest BCUT2D eigenvalue weighted by molar-refractivity contribution is 0.0999. The molecule has 6 heteroatoms. The predicted molar refractivity (Wildman–Crippen MR) is 83.1 cm³/mol. The van der Waals surface area contributed by atoms with E-state index < -0.39 is 0 Å². The third-order valence-electron chi connectivity index (χ3n) is 4.11. The Morgan fingerprint density at radius 2 is 2.00 bits per heavy atom. The third kappa shape index (κ3) is 2.55. The second-order valence-corrected chi connectivity index (χ2v) is 6.20. The average molecular weight is 339 g/mol. The molecule has 0 aromatic heterocycles. The van der Waals surface area contributed by atoms with Gasteiger partial charge in [0.1, 0.15) is 0 Å². The van der Waals surface area contributed by atoms with Gasteiger partial charge in [-0.2, -0.15) is 0 Å². The second kappa shape index (κ2) is 5.71. The van der Waals surface area contributed by atoms with Crippen molar-refractivity contribution < 1.29 is 4.79 Å². The molecule has 2 fully saturated rings. The van der Waals surface area contributed by atoms with Crippen molar-refractivity contribution in [3.63, 3.8) is 0 Å². The number of halogens is 1. The lowest BCUT2D eigenvalue weighted by atomic mass is 10.0. The fourth-order valence-electron chi connectivity index (χ4n) is 2.95. The van der Waals surface area contributed by atoms with Gasteiger partial charge in [-0.05, 0) is 28.1 Å². The van der Waals surface area contributed by atoms with Gasteiger partial charge in [0, 0.05) is 49.8 Å². The Morgan fingerprint density at radius 3 is 2.65 bits per heavy atom. The van der Waals surface area contributed by atoms with Crippen LogP contribution in [0.5, 0.6) is 0 Å². The summed E-state index contributed by atoms with van der Waals surface area (Å²) in [7, 11) is 0. The van der Waals surface area contributed by atoms with Crippen LogP contribution in [0, 0.1) is 0 Å². The number of carbonyl (C=O) groups is 1. The summed E-state index contributed by atoms with van der Waals surface area (Å²) in [5, 5.41) is 3.37. The topological polar surface area (TPSA) is 61.6 Å². The Labute approximate surface area is 127 Å². The van der Waals surface area contributed by atoms with Gasteiger partial charge >= 0.3 is 0 Å². The van der Waals surface area contributed by atoms with Crippen molar-refractivity contribution in [2.45, 2.75) is 6.04 Å². The van der Waals surface area contributed by atoms with Gasteiger partial charge in [-0.25, -0.2) is 0 Å². The van der Waals surface area contributed by atoms with Crippen LogP contribution >= 0.6 is 15.9 Å². The van der Waals surface area contributed by atoms with E-state index in [1.165, 1.54) is 0 Å². The van der Waals surface area contributed by atoms with E-state index in [2.05, 4.69) is 31.0 Å². The molecular formula is C14H19BrN4O. The molecule has 0 unspecified atom stereocenters. The molecule has 0 saturated carbocycles. The number of nitrogens with two attached hydrogens (primary N) is 1. The minimum atomic E-state index is -0.377. The third-order valence-corrected chi connectivity index (χ3v) is 4.77. The summed E-state index contributed by atoms with van der Waals surface area (Å²) in [6, 6.07) is 6.37. The van der Waals surface area contributed by atoms with E-state index in [1.54, 1.807) is 0 Å². The Kier molecular flexibility index (Phi) is 3.96. The van der Waals surface area contributed by atoms with Gasteiger partial charge in [-0.3, -0.25) is 9.69 Å². The number of carbonyl (C=O) groups excluding carboxylic acids is 1. The number of nitrogens with one attached hydrogen (secondary N) is 1. The van der Waals surface area contributed by atoms with E-state index in [4.69, 9.17) is 5.73 Å². The summed E-state index contributed by atoms with van der Waals surface area (Å²) in [5.74, 6) is -0.377. The molecule has 2 saturated heterocycles. The Hall–Kier alpha value is -1.11. The lowest BCUT2D eigenvalue weighted by Crippen LogP contribution is -2.63. The highest BCUT2D eigenvalue weighted by molar-refractivity contribution is 9.10. The number of anilines is 1. The largest absolute Gasteiger partial charge is 0.368 e. The summed E-state index contributed by atoms with van der Waals surface area (Å²) in [6.45, 7) is 6.30. The molecule has 1 aromatic rings. The van der Waals surface area contributed by atoms with Crippen LogP contribution in [-0.4, -0.2) is 56.1 Å². The first kappa shape index (κ1) is 13.9. The molecule has 0 spiro atoms. The van der Waals surface area contributed by atoms with Gasteiger partial charge in [0.25, 0.3) is 5.91 Å². The molecule has 2 aliphatic rings. The summed E-state index contributed by atoms with van der Waals surface area (Å²) in [6.07, 6.45) is 0. The molecule has 2 aliphatic heterocycles. The number of hydrogen-bond acceptors (Lipinski definition) is 4. The molecule has 20 heavy (non-hydrogen) atoms. The second-order valence-electron chi connectivity index (χ2n) is 5.34. The maximum absolute atomic E-state index is 11.6. The highest BCUT2D eigenvalue weighted by Gasteiger charge is 2.34. The normalized spacial score (nSPS) is 20.8. The lowest BCUT2D eigenvalue weighted by Gasteiger charge is -2.48. The van der Waals surface area contributed by atoms with Crippen LogP contribution < -0.4 is 16.0 Å². The molecule has 0 aliphatic carbocycles. The van der Waals surface area contributed by atoms with Gasteiger partial charge in [0.15, 0.2) is 0 Å². The quantitative estimate of drug-likeness (QED) is 0.849. The van der Waals surface area contributed by atoms with Crippen LogP contribution in [0.1, 0.15) is 10.4 Å². The number of hydrogen-bond donors (Lipinski definition) is 2. The molecule has 0 bridgehead atoms. The number of nitrogens with zero attached hydrogens (tertiary/aromatic N) is 2. The highest BCUT2D eigenvalue weighted by atomic mass is 79.9. The van der Waals surface area contributed by atoms with Crippen molar-refractivity contribution in [1.82, 2.24) is 10.2 Å². The fourth-order valence-corrected chi connectivity index (χ4v) is 3.50. The summed E-state index contributed by atoms with van der Waals surface area (Å²) < 4.78 is 0.771. The predicted octanol–water partition coefficient (Wildman–Crippen LogP) is 0.642. The first-order chi connectivity index (χ1) is 9.66. The summed E-state index contributed by atoms with van der Waals surface area (Å²) >= 11 is 3.41. The summed E-state index contributed by atoms with van der Waals surface area (Å²) in [4.78, 5) is 16.4. The molecule has 3 rings (SSSR count). The Balaban J connectivity index is 1.70. The van der Waals surface area contributed by atoms with Crippen LogP contribution in [0.4, 0.5) is 5.69 Å². The van der Waals surface area contributed by atoms with Crippen molar-refractivity contribution in [2.24, 2.45) is 5.73 Å². The molecule has 1 amide bonds. The zero-order valence-electron chi connectivity index (χ0n) is 11.3. The molecule has 0 atom stereocenters. The van der Waals surface area contributed by atoms with E-state index in [-0.39, 0.29) is 5.91 Å². The number of benzene rings is 1. The van der Waals surface area contributed by atoms with Crippen LogP contribution in [0.25, 0.3) is 0 Å².